The number of carbonyl (C=O) groups excluding carboxylic acids is 2. The van der Waals surface area contributed by atoms with Crippen LogP contribution in [0.2, 0.25) is 0 Å². The Morgan fingerprint density at radius 3 is 2.28 bits per heavy atom. The molecule has 0 unspecified atom stereocenters. The zero-order chi connectivity index (χ0) is 13.8. The molecule has 1 aliphatic carbocycles. The van der Waals surface area contributed by atoms with Crippen LogP contribution in [0.1, 0.15) is 59.8 Å². The molecule has 104 valence electrons. The Bertz CT molecular complexity index is 290. The maximum absolute atomic E-state index is 12.2. The molecule has 1 rings (SSSR count). The first kappa shape index (κ1) is 15.0. The van der Waals surface area contributed by atoms with Crippen molar-refractivity contribution in [3.8, 4) is 0 Å². The minimum Gasteiger partial charge on any atom is -0.444 e. The summed E-state index contributed by atoms with van der Waals surface area (Å²) in [6, 6.07) is -0.267. The highest BCUT2D eigenvalue weighted by atomic mass is 16.6. The molecule has 0 N–H and O–H groups in total. The van der Waals surface area contributed by atoms with Crippen LogP contribution in [0.5, 0.6) is 0 Å². The lowest BCUT2D eigenvalue weighted by Crippen LogP contribution is -2.49. The molecule has 1 saturated carbocycles. The fraction of sp³-hybridized carbons (Fsp3) is 0.857. The fourth-order valence-corrected chi connectivity index (χ4v) is 2.39. The van der Waals surface area contributed by atoms with Gasteiger partial charge in [-0.3, -0.25) is 4.90 Å². The van der Waals surface area contributed by atoms with E-state index in [9.17, 15) is 9.59 Å². The van der Waals surface area contributed by atoms with Gasteiger partial charge in [0.2, 0.25) is 0 Å². The largest absolute Gasteiger partial charge is 0.444 e. The Morgan fingerprint density at radius 1 is 1.28 bits per heavy atom. The summed E-state index contributed by atoms with van der Waals surface area (Å²) in [5.74, 6) is 0. The van der Waals surface area contributed by atoms with Crippen LogP contribution in [0.15, 0.2) is 0 Å². The third-order valence-electron chi connectivity index (χ3n) is 3.21. The molecule has 0 aromatic rings. The Labute approximate surface area is 110 Å². The first-order chi connectivity index (χ1) is 8.35. The van der Waals surface area contributed by atoms with Gasteiger partial charge in [0.1, 0.15) is 11.9 Å². The number of rotatable bonds is 3. The topological polar surface area (TPSA) is 46.6 Å². The molecule has 0 bridgehead atoms. The summed E-state index contributed by atoms with van der Waals surface area (Å²) < 4.78 is 5.40. The average Bonchev–Trinajstić information content (AvgIpc) is 2.28. The summed E-state index contributed by atoms with van der Waals surface area (Å²) in [5, 5.41) is 0. The summed E-state index contributed by atoms with van der Waals surface area (Å²) in [6.07, 6.45) is 5.85. The van der Waals surface area contributed by atoms with Crippen molar-refractivity contribution in [3.05, 3.63) is 0 Å². The number of nitrogens with zero attached hydrogens (tertiary/aromatic N) is 1. The molecule has 18 heavy (non-hydrogen) atoms. The lowest BCUT2D eigenvalue weighted by atomic mass is 9.93. The van der Waals surface area contributed by atoms with Gasteiger partial charge in [-0.2, -0.15) is 0 Å². The van der Waals surface area contributed by atoms with Crippen molar-refractivity contribution >= 4 is 12.4 Å². The smallest absolute Gasteiger partial charge is 0.411 e. The predicted octanol–water partition coefficient (Wildman–Crippen LogP) is 3.14. The van der Waals surface area contributed by atoms with Gasteiger partial charge in [-0.25, -0.2) is 4.79 Å². The van der Waals surface area contributed by atoms with Crippen molar-refractivity contribution in [2.45, 2.75) is 77.5 Å². The number of hydrogen-bond donors (Lipinski definition) is 0. The van der Waals surface area contributed by atoms with Gasteiger partial charge in [0, 0.05) is 6.04 Å². The number of aldehydes is 1. The summed E-state index contributed by atoms with van der Waals surface area (Å²) in [5.41, 5.74) is -0.521. The number of amides is 1. The molecular weight excluding hydrogens is 230 g/mol. The van der Waals surface area contributed by atoms with E-state index in [1.807, 2.05) is 20.8 Å². The Balaban J connectivity index is 2.76. The third-order valence-corrected chi connectivity index (χ3v) is 3.21. The molecule has 0 aromatic carbocycles. The molecule has 0 saturated heterocycles. The molecule has 4 heteroatoms. The van der Waals surface area contributed by atoms with Crippen LogP contribution in [0.3, 0.4) is 0 Å². The highest BCUT2D eigenvalue weighted by Crippen LogP contribution is 2.25. The van der Waals surface area contributed by atoms with Crippen LogP contribution < -0.4 is 0 Å². The summed E-state index contributed by atoms with van der Waals surface area (Å²) >= 11 is 0. The van der Waals surface area contributed by atoms with Crippen molar-refractivity contribution in [1.29, 1.82) is 0 Å². The van der Waals surface area contributed by atoms with E-state index in [0.29, 0.717) is 0 Å². The van der Waals surface area contributed by atoms with E-state index in [-0.39, 0.29) is 12.1 Å². The van der Waals surface area contributed by atoms with E-state index < -0.39 is 11.6 Å². The highest BCUT2D eigenvalue weighted by Gasteiger charge is 2.32. The van der Waals surface area contributed by atoms with E-state index in [2.05, 4.69) is 0 Å². The minimum absolute atomic E-state index is 0.147. The predicted molar refractivity (Wildman–Crippen MR) is 70.5 cm³/mol. The lowest BCUT2D eigenvalue weighted by Gasteiger charge is -2.37. The van der Waals surface area contributed by atoms with Gasteiger partial charge in [0.05, 0.1) is 6.04 Å². The zero-order valence-corrected chi connectivity index (χ0v) is 11.9. The van der Waals surface area contributed by atoms with Gasteiger partial charge in [-0.1, -0.05) is 19.3 Å². The van der Waals surface area contributed by atoms with Crippen LogP contribution in [0, 0.1) is 0 Å². The molecule has 1 aliphatic rings. The normalized spacial score (nSPS) is 19.1. The average molecular weight is 255 g/mol. The Kier molecular flexibility index (Phi) is 5.17. The first-order valence-corrected chi connectivity index (χ1v) is 6.82. The van der Waals surface area contributed by atoms with Crippen LogP contribution in [0.4, 0.5) is 4.79 Å². The van der Waals surface area contributed by atoms with Crippen molar-refractivity contribution < 1.29 is 14.3 Å². The van der Waals surface area contributed by atoms with Crippen molar-refractivity contribution in [3.63, 3.8) is 0 Å². The molecule has 0 aromatic heterocycles. The second kappa shape index (κ2) is 6.21. The summed E-state index contributed by atoms with van der Waals surface area (Å²) in [4.78, 5) is 24.8. The maximum atomic E-state index is 12.2. The molecule has 1 atom stereocenters. The molecule has 1 amide bonds. The Morgan fingerprint density at radius 2 is 1.83 bits per heavy atom. The minimum atomic E-state index is -0.521. The maximum Gasteiger partial charge on any atom is 0.411 e. The van der Waals surface area contributed by atoms with Crippen LogP contribution in [-0.2, 0) is 9.53 Å². The summed E-state index contributed by atoms with van der Waals surface area (Å²) in [6.45, 7) is 7.28. The van der Waals surface area contributed by atoms with E-state index in [1.165, 1.54) is 6.42 Å². The number of carbonyl (C=O) groups is 2. The molecular formula is C14H25NO3. The molecule has 0 spiro atoms. The fourth-order valence-electron chi connectivity index (χ4n) is 2.39. The van der Waals surface area contributed by atoms with Crippen molar-refractivity contribution in [2.75, 3.05) is 0 Å². The Hall–Kier alpha value is -1.06. The molecule has 4 nitrogen and oxygen atoms in total. The van der Waals surface area contributed by atoms with Crippen LogP contribution in [0.25, 0.3) is 0 Å². The van der Waals surface area contributed by atoms with E-state index >= 15 is 0 Å². The van der Waals surface area contributed by atoms with Gasteiger partial charge in [-0.05, 0) is 40.5 Å². The molecule has 0 aliphatic heterocycles. The zero-order valence-electron chi connectivity index (χ0n) is 11.9. The second-order valence-corrected chi connectivity index (χ2v) is 6.06. The van der Waals surface area contributed by atoms with Gasteiger partial charge in [-0.15, -0.1) is 0 Å². The van der Waals surface area contributed by atoms with Gasteiger partial charge < -0.3 is 9.53 Å². The van der Waals surface area contributed by atoms with Gasteiger partial charge in [0.25, 0.3) is 0 Å². The molecule has 1 fully saturated rings. The van der Waals surface area contributed by atoms with Gasteiger partial charge >= 0.3 is 6.09 Å². The highest BCUT2D eigenvalue weighted by molar-refractivity contribution is 5.74. The molecule has 0 heterocycles. The number of ether oxygens (including phenoxy) is 1. The van der Waals surface area contributed by atoms with Crippen molar-refractivity contribution in [1.82, 2.24) is 4.90 Å². The quantitative estimate of drug-likeness (QED) is 0.728. The van der Waals surface area contributed by atoms with Crippen molar-refractivity contribution in [2.24, 2.45) is 0 Å². The molecule has 0 radical (unpaired) electrons. The summed E-state index contributed by atoms with van der Waals surface area (Å²) in [7, 11) is 0. The SMILES string of the molecule is C[C@H](C=O)N(C(=O)OC(C)(C)C)C1CCCCC1. The van der Waals surface area contributed by atoms with Gasteiger partial charge in [0.15, 0.2) is 0 Å². The third kappa shape index (κ3) is 4.31. The lowest BCUT2D eigenvalue weighted by molar-refractivity contribution is -0.113. The number of hydrogen-bond acceptors (Lipinski definition) is 3. The van der Waals surface area contributed by atoms with E-state index in [0.717, 1.165) is 32.0 Å². The van der Waals surface area contributed by atoms with Crippen LogP contribution in [-0.4, -0.2) is 35.0 Å². The van der Waals surface area contributed by atoms with E-state index in [1.54, 1.807) is 11.8 Å². The standard InChI is InChI=1S/C14H25NO3/c1-11(10-16)15(12-8-6-5-7-9-12)13(17)18-14(2,3)4/h10-12H,5-9H2,1-4H3/t11-/m1/s1. The van der Waals surface area contributed by atoms with E-state index in [4.69, 9.17) is 4.74 Å². The second-order valence-electron chi connectivity index (χ2n) is 6.06. The first-order valence-electron chi connectivity index (χ1n) is 6.82. The monoisotopic (exact) mass is 255 g/mol. The van der Waals surface area contributed by atoms with Crippen LogP contribution >= 0.6 is 0 Å².